The van der Waals surface area contributed by atoms with Gasteiger partial charge in [-0.1, -0.05) is 20.4 Å². The van der Waals surface area contributed by atoms with Crippen molar-refractivity contribution in [3.8, 4) is 11.3 Å². The number of carbonyl (C=O) groups is 2. The van der Waals surface area contributed by atoms with Crippen molar-refractivity contribution in [2.24, 2.45) is 12.5 Å². The molecule has 14 nitrogen and oxygen atoms in total. The number of piperidine rings is 1. The van der Waals surface area contributed by atoms with Crippen LogP contribution in [0.25, 0.3) is 11.3 Å². The van der Waals surface area contributed by atoms with E-state index in [1.165, 1.54) is 21.9 Å². The third-order valence-electron chi connectivity index (χ3n) is 13.6. The molecule has 1 unspecified atom stereocenters. The van der Waals surface area contributed by atoms with E-state index < -0.39 is 6.61 Å². The largest absolute Gasteiger partial charge is 0.392 e. The molecule has 0 saturated carbocycles. The van der Waals surface area contributed by atoms with Gasteiger partial charge < -0.3 is 34.7 Å². The summed E-state index contributed by atoms with van der Waals surface area (Å²) < 4.78 is 17.5. The van der Waals surface area contributed by atoms with Crippen LogP contribution in [0.4, 0.5) is 38.8 Å². The number of nitrogens with one attached hydrogen (secondary N) is 2. The Morgan fingerprint density at radius 2 is 1.81 bits per heavy atom. The molecule has 5 aromatic rings. The fourth-order valence-electron chi connectivity index (χ4n) is 10.3. The number of fused-ring (bicyclic) bond motifs is 3. The number of nitrogens with zero attached hydrogens (tertiary/aromatic N) is 8. The third kappa shape index (κ3) is 8.06. The van der Waals surface area contributed by atoms with Crippen LogP contribution in [0.1, 0.15) is 66.5 Å². The number of hydrogen-bond acceptors (Lipinski definition) is 10. The van der Waals surface area contributed by atoms with E-state index in [2.05, 4.69) is 62.2 Å². The molecular formula is C49H57FN10O4. The first-order valence-electron chi connectivity index (χ1n) is 22.3. The molecule has 6 heterocycles. The lowest BCUT2D eigenvalue weighted by Gasteiger charge is -2.47. The highest BCUT2D eigenvalue weighted by Crippen LogP contribution is 2.40. The monoisotopic (exact) mass is 868 g/mol. The van der Waals surface area contributed by atoms with E-state index in [-0.39, 0.29) is 40.5 Å². The molecule has 2 aromatic carbocycles. The maximum atomic E-state index is 14.0. The molecule has 1 aliphatic carbocycles. The highest BCUT2D eigenvalue weighted by molar-refractivity contribution is 6.06. The number of rotatable bonds is 10. The number of aryl methyl sites for hydroxylation is 2. The summed E-state index contributed by atoms with van der Waals surface area (Å²) in [7, 11) is 1.64. The predicted octanol–water partition coefficient (Wildman–Crippen LogP) is 6.42. The van der Waals surface area contributed by atoms with Crippen LogP contribution in [-0.4, -0.2) is 92.3 Å². The minimum absolute atomic E-state index is 0.0444. The van der Waals surface area contributed by atoms with Gasteiger partial charge in [-0.15, -0.1) is 0 Å². The van der Waals surface area contributed by atoms with Crippen LogP contribution in [0.3, 0.4) is 0 Å². The van der Waals surface area contributed by atoms with Crippen LogP contribution in [-0.2, 0) is 37.8 Å². The Morgan fingerprint density at radius 3 is 2.55 bits per heavy atom. The van der Waals surface area contributed by atoms with Crippen LogP contribution in [0.2, 0.25) is 0 Å². The van der Waals surface area contributed by atoms with Gasteiger partial charge in [-0.05, 0) is 111 Å². The van der Waals surface area contributed by atoms with Gasteiger partial charge in [-0.2, -0.15) is 0 Å². The smallest absolute Gasteiger partial charge is 0.293 e. The van der Waals surface area contributed by atoms with Gasteiger partial charge in [0, 0.05) is 106 Å². The van der Waals surface area contributed by atoms with E-state index in [4.69, 9.17) is 4.98 Å². The van der Waals surface area contributed by atoms with Crippen molar-refractivity contribution < 1.29 is 19.1 Å². The average molecular weight is 869 g/mol. The maximum Gasteiger partial charge on any atom is 0.293 e. The maximum absolute atomic E-state index is 14.0. The summed E-state index contributed by atoms with van der Waals surface area (Å²) in [4.78, 5) is 58.7. The van der Waals surface area contributed by atoms with E-state index in [9.17, 15) is 23.9 Å². The van der Waals surface area contributed by atoms with Gasteiger partial charge >= 0.3 is 0 Å². The summed E-state index contributed by atoms with van der Waals surface area (Å²) in [5.41, 5.74) is 7.94. The number of pyridine rings is 1. The molecule has 15 heteroatoms. The Kier molecular flexibility index (Phi) is 11.4. The lowest BCUT2D eigenvalue weighted by atomic mass is 9.90. The molecule has 2 saturated heterocycles. The molecular weight excluding hydrogens is 812 g/mol. The van der Waals surface area contributed by atoms with E-state index in [1.54, 1.807) is 49.5 Å². The zero-order valence-corrected chi connectivity index (χ0v) is 37.3. The summed E-state index contributed by atoms with van der Waals surface area (Å²) in [6.45, 7) is 17.1. The normalized spacial score (nSPS) is 18.8. The summed E-state index contributed by atoms with van der Waals surface area (Å²) in [5, 5.41) is 17.0. The van der Waals surface area contributed by atoms with Crippen LogP contribution < -0.4 is 30.9 Å². The first-order valence-corrected chi connectivity index (χ1v) is 22.3. The molecule has 4 aliphatic rings. The second-order valence-electron chi connectivity index (χ2n) is 18.6. The number of carbonyl (C=O) groups excluding carboxylic acids is 2. The van der Waals surface area contributed by atoms with E-state index in [0.29, 0.717) is 64.4 Å². The fourth-order valence-corrected chi connectivity index (χ4v) is 10.3. The summed E-state index contributed by atoms with van der Waals surface area (Å²) in [5.74, 6) is -0.297. The van der Waals surface area contributed by atoms with Crippen molar-refractivity contribution in [1.29, 1.82) is 0 Å². The van der Waals surface area contributed by atoms with E-state index in [0.717, 1.165) is 69.8 Å². The second kappa shape index (κ2) is 17.0. The zero-order valence-electron chi connectivity index (χ0n) is 37.3. The Balaban J connectivity index is 0.930. The number of amides is 2. The topological polar surface area (TPSA) is 144 Å². The number of aromatic nitrogens is 4. The molecule has 64 heavy (non-hydrogen) atoms. The number of piperazine rings is 1. The van der Waals surface area contributed by atoms with Crippen molar-refractivity contribution in [3.05, 3.63) is 118 Å². The molecule has 1 atom stereocenters. The van der Waals surface area contributed by atoms with Gasteiger partial charge in [0.25, 0.3) is 11.5 Å². The van der Waals surface area contributed by atoms with Crippen molar-refractivity contribution in [3.63, 3.8) is 0 Å². The zero-order chi connectivity index (χ0) is 45.0. The SMILES string of the molecule is C=CC(=O)Nc1cc(Nc2nc(-c3ccnc(N4CCn5c(cc6c5CC(C)(C)C6)C4=O)c3CO)cn(C)c2=O)ccc1N1CCN(C2CCN(c3ccc(F)c(C)c3)CC2)CC1C. The minimum Gasteiger partial charge on any atom is -0.392 e. The van der Waals surface area contributed by atoms with Gasteiger partial charge in [0.2, 0.25) is 5.91 Å². The summed E-state index contributed by atoms with van der Waals surface area (Å²) in [6, 6.07) is 15.3. The number of hydrogen-bond donors (Lipinski definition) is 3. The Bertz CT molecular complexity index is 2720. The molecule has 3 aromatic heterocycles. The predicted molar refractivity (Wildman–Crippen MR) is 249 cm³/mol. The average Bonchev–Trinajstić information content (AvgIpc) is 3.78. The highest BCUT2D eigenvalue weighted by Gasteiger charge is 2.38. The minimum atomic E-state index is -0.404. The quantitative estimate of drug-likeness (QED) is 0.135. The van der Waals surface area contributed by atoms with Gasteiger partial charge in [0.15, 0.2) is 5.82 Å². The van der Waals surface area contributed by atoms with Crippen LogP contribution >= 0.6 is 0 Å². The third-order valence-corrected chi connectivity index (χ3v) is 13.6. The van der Waals surface area contributed by atoms with Crippen LogP contribution in [0.15, 0.2) is 78.4 Å². The molecule has 9 rings (SSSR count). The summed E-state index contributed by atoms with van der Waals surface area (Å²) >= 11 is 0. The van der Waals surface area contributed by atoms with Gasteiger partial charge in [-0.25, -0.2) is 14.4 Å². The van der Waals surface area contributed by atoms with Gasteiger partial charge in [0.05, 0.1) is 23.7 Å². The molecule has 3 N–H and O–H groups in total. The van der Waals surface area contributed by atoms with Crippen molar-refractivity contribution in [2.75, 3.05) is 64.6 Å². The number of anilines is 6. The number of benzene rings is 2. The molecule has 0 spiro atoms. The lowest BCUT2D eigenvalue weighted by molar-refractivity contribution is -0.111. The molecule has 0 bridgehead atoms. The number of aliphatic hydroxyl groups excluding tert-OH is 1. The number of halogens is 1. The molecule has 2 amide bonds. The van der Waals surface area contributed by atoms with Crippen molar-refractivity contribution >= 4 is 46.2 Å². The molecule has 0 radical (unpaired) electrons. The van der Waals surface area contributed by atoms with Gasteiger partial charge in [0.1, 0.15) is 17.3 Å². The Labute approximate surface area is 373 Å². The molecule has 334 valence electrons. The fraction of sp³-hybridized carbons (Fsp3) is 0.408. The lowest BCUT2D eigenvalue weighted by Crippen LogP contribution is -2.57. The van der Waals surface area contributed by atoms with E-state index >= 15 is 0 Å². The first kappa shape index (κ1) is 43.0. The van der Waals surface area contributed by atoms with Crippen LogP contribution in [0.5, 0.6) is 0 Å². The highest BCUT2D eigenvalue weighted by atomic mass is 19.1. The standard InChI is InChI=1S/C49H57FN10O4/c1-7-44(62)53-39-24-33(8-11-41(39)58-19-18-57(27-31(58)3)34-13-16-56(17-14-34)35-9-10-38(50)30(2)22-35)52-45-48(64)55(6)28-40(54-45)36-12-15-51-46(37(36)29-61)60-21-20-59-42(47(60)63)23-32-25-49(4,5)26-43(32)59/h7-12,15,22-24,28,31,34,61H,1,13-14,16-21,25-27,29H2,2-6H3,(H,52,54)(H,53,62). The molecule has 3 aliphatic heterocycles. The summed E-state index contributed by atoms with van der Waals surface area (Å²) in [6.07, 6.45) is 8.33. The van der Waals surface area contributed by atoms with E-state index in [1.807, 2.05) is 30.3 Å². The molecule has 2 fully saturated rings. The number of aliphatic hydroxyl groups is 1. The Hall–Kier alpha value is -6.32. The second-order valence-corrected chi connectivity index (χ2v) is 18.6. The first-order chi connectivity index (χ1) is 30.7. The van der Waals surface area contributed by atoms with Crippen molar-refractivity contribution in [2.45, 2.75) is 78.6 Å². The van der Waals surface area contributed by atoms with Crippen LogP contribution in [0, 0.1) is 18.2 Å². The Morgan fingerprint density at radius 1 is 1.02 bits per heavy atom. The van der Waals surface area contributed by atoms with Crippen molar-refractivity contribution in [1.82, 2.24) is 24.0 Å². The van der Waals surface area contributed by atoms with Gasteiger partial charge in [-0.3, -0.25) is 24.2 Å².